The molecule has 0 aliphatic heterocycles. The Hall–Kier alpha value is -1.09. The van der Waals surface area contributed by atoms with Crippen LogP contribution in [0.1, 0.15) is 11.2 Å². The third-order valence-corrected chi connectivity index (χ3v) is 0.835. The minimum Gasteiger partial charge on any atom is -0.481 e. The van der Waals surface area contributed by atoms with Crippen molar-refractivity contribution in [1.82, 2.24) is 4.98 Å². The van der Waals surface area contributed by atoms with Gasteiger partial charge < -0.3 is 5.11 Å². The zero-order chi connectivity index (χ0) is 10.9. The van der Waals surface area contributed by atoms with Crippen molar-refractivity contribution in [2.45, 2.75) is 6.42 Å². The highest BCUT2D eigenvalue weighted by Crippen LogP contribution is 1.93. The van der Waals surface area contributed by atoms with Crippen LogP contribution in [0.4, 0.5) is 0 Å². The maximum atomic E-state index is 10.3. The molecule has 4 heteroatoms. The van der Waals surface area contributed by atoms with Crippen LogP contribution < -0.4 is 0 Å². The third kappa shape index (κ3) is 3.57. The molecule has 3 nitrogen and oxygen atoms in total. The summed E-state index contributed by atoms with van der Waals surface area (Å²) in [6.45, 7) is 0. The number of aromatic nitrogens is 1. The van der Waals surface area contributed by atoms with Crippen LogP contribution in [0.5, 0.6) is 0 Å². The summed E-state index contributed by atoms with van der Waals surface area (Å²) < 4.78 is 28.9. The third-order valence-electron chi connectivity index (χ3n) is 0.835. The maximum Gasteiger partial charge on any atom is 0.309 e. The Labute approximate surface area is 76.1 Å². The van der Waals surface area contributed by atoms with E-state index in [0.29, 0.717) is 0 Å². The average Bonchev–Trinajstić information content (AvgIpc) is 2.10. The first-order valence-electron chi connectivity index (χ1n) is 4.58. The lowest BCUT2D eigenvalue weighted by Crippen LogP contribution is -2.01. The topological polar surface area (TPSA) is 50.2 Å². The molecule has 1 aromatic rings. The van der Waals surface area contributed by atoms with Gasteiger partial charge in [-0.15, -0.1) is 12.4 Å². The predicted molar refractivity (Wildman–Crippen MR) is 42.8 cm³/mol. The fourth-order valence-corrected chi connectivity index (χ4v) is 0.482. The fourth-order valence-electron chi connectivity index (χ4n) is 0.482. The molecule has 1 rings (SSSR count). The van der Waals surface area contributed by atoms with E-state index in [4.69, 9.17) is 10.6 Å². The monoisotopic (exact) mass is 177 g/mol. The molecule has 0 saturated heterocycles. The van der Waals surface area contributed by atoms with Crippen molar-refractivity contribution < 1.29 is 15.4 Å². The van der Waals surface area contributed by atoms with E-state index in [0.717, 1.165) is 0 Å². The van der Waals surface area contributed by atoms with Gasteiger partial charge in [0.1, 0.15) is 0 Å². The lowest BCUT2D eigenvalue weighted by atomic mass is 10.3. The molecular formula is C7H8ClNO2. The summed E-state index contributed by atoms with van der Waals surface area (Å²) in [6, 6.07) is -1.31. The van der Waals surface area contributed by atoms with Gasteiger partial charge in [0.2, 0.25) is 0 Å². The van der Waals surface area contributed by atoms with E-state index >= 15 is 0 Å². The highest BCUT2D eigenvalue weighted by molar-refractivity contribution is 5.85. The second-order valence-corrected chi connectivity index (χ2v) is 1.62. The van der Waals surface area contributed by atoms with Crippen molar-refractivity contribution in [3.05, 3.63) is 30.0 Å². The molecule has 1 aromatic heterocycles. The first-order valence-corrected chi connectivity index (χ1v) is 2.58. The molecule has 0 radical (unpaired) electrons. The number of halogens is 1. The quantitative estimate of drug-likeness (QED) is 0.737. The Kier molecular flexibility index (Phi) is 2.01. The van der Waals surface area contributed by atoms with Gasteiger partial charge in [-0.1, -0.05) is 6.04 Å². The second kappa shape index (κ2) is 4.68. The summed E-state index contributed by atoms with van der Waals surface area (Å²) in [4.78, 5) is 13.8. The van der Waals surface area contributed by atoms with Crippen LogP contribution in [0, 0.1) is 0 Å². The molecular weight excluding hydrogens is 166 g/mol. The smallest absolute Gasteiger partial charge is 0.309 e. The Morgan fingerprint density at radius 3 is 3.09 bits per heavy atom. The molecule has 0 spiro atoms. The summed E-state index contributed by atoms with van der Waals surface area (Å²) in [6.07, 6.45) is -0.973. The van der Waals surface area contributed by atoms with E-state index < -0.39 is 36.7 Å². The van der Waals surface area contributed by atoms with Crippen LogP contribution in [-0.4, -0.2) is 16.1 Å². The molecule has 1 heterocycles. The Morgan fingerprint density at radius 2 is 2.45 bits per heavy atom. The summed E-state index contributed by atoms with van der Waals surface area (Å²) in [7, 11) is 0. The number of pyridine rings is 1. The Morgan fingerprint density at radius 1 is 1.73 bits per heavy atom. The van der Waals surface area contributed by atoms with Crippen LogP contribution >= 0.6 is 12.4 Å². The fraction of sp³-hybridized carbons (Fsp3) is 0.143. The normalized spacial score (nSPS) is 13.5. The van der Waals surface area contributed by atoms with Gasteiger partial charge in [-0.25, -0.2) is 0 Å². The predicted octanol–water partition coefficient (Wildman–Crippen LogP) is 1.13. The van der Waals surface area contributed by atoms with E-state index in [2.05, 4.69) is 4.98 Å². The number of nitrogens with zero attached hydrogens (tertiary/aromatic N) is 1. The first-order chi connectivity index (χ1) is 6.43. The van der Waals surface area contributed by atoms with E-state index in [9.17, 15) is 4.79 Å². The first kappa shape index (κ1) is 4.72. The SMILES string of the molecule is Cl.[2H]c1nc(CC(=O)O)c([2H])c([2H])c1[2H]. The molecule has 11 heavy (non-hydrogen) atoms. The van der Waals surface area contributed by atoms with Crippen molar-refractivity contribution in [1.29, 1.82) is 0 Å². The van der Waals surface area contributed by atoms with Crippen molar-refractivity contribution >= 4 is 18.4 Å². The largest absolute Gasteiger partial charge is 0.481 e. The van der Waals surface area contributed by atoms with E-state index in [1.807, 2.05) is 0 Å². The minimum atomic E-state index is -1.18. The van der Waals surface area contributed by atoms with Gasteiger partial charge in [-0.2, -0.15) is 0 Å². The number of carboxylic acids is 1. The molecule has 0 amide bonds. The minimum absolute atomic E-state index is 0. The van der Waals surface area contributed by atoms with E-state index in [1.165, 1.54) is 0 Å². The van der Waals surface area contributed by atoms with Gasteiger partial charge in [-0.05, 0) is 12.1 Å². The van der Waals surface area contributed by atoms with Gasteiger partial charge in [0.05, 0.1) is 17.6 Å². The summed E-state index contributed by atoms with van der Waals surface area (Å²) >= 11 is 0. The number of aliphatic carboxylic acids is 1. The highest BCUT2D eigenvalue weighted by Gasteiger charge is 1.98. The van der Waals surface area contributed by atoms with Crippen molar-refractivity contribution in [2.75, 3.05) is 0 Å². The highest BCUT2D eigenvalue weighted by atomic mass is 35.5. The van der Waals surface area contributed by atoms with Gasteiger partial charge in [0.15, 0.2) is 0 Å². The zero-order valence-electron chi connectivity index (χ0n) is 9.42. The number of rotatable bonds is 2. The molecule has 0 unspecified atom stereocenters. The van der Waals surface area contributed by atoms with Gasteiger partial charge in [0, 0.05) is 6.17 Å². The van der Waals surface area contributed by atoms with Crippen LogP contribution in [0.25, 0.3) is 0 Å². The number of carboxylic acid groups (broad SMARTS) is 1. The molecule has 0 aliphatic rings. The molecule has 60 valence electrons. The lowest BCUT2D eigenvalue weighted by Gasteiger charge is -1.91. The van der Waals surface area contributed by atoms with E-state index in [1.54, 1.807) is 0 Å². The van der Waals surface area contributed by atoms with Crippen molar-refractivity contribution in [3.63, 3.8) is 0 Å². The van der Waals surface area contributed by atoms with Gasteiger partial charge >= 0.3 is 5.97 Å². The summed E-state index contributed by atoms with van der Waals surface area (Å²) in [5.74, 6) is -1.18. The van der Waals surface area contributed by atoms with Crippen LogP contribution in [0.3, 0.4) is 0 Å². The average molecular weight is 178 g/mol. The number of hydrogen-bond donors (Lipinski definition) is 1. The molecule has 0 bridgehead atoms. The summed E-state index contributed by atoms with van der Waals surface area (Å²) in [5, 5.41) is 8.45. The Balaban J connectivity index is 0.00000196. The van der Waals surface area contributed by atoms with Gasteiger partial charge in [-0.3, -0.25) is 9.78 Å². The van der Waals surface area contributed by atoms with Crippen LogP contribution in [0.2, 0.25) is 0 Å². The molecule has 1 N–H and O–H groups in total. The van der Waals surface area contributed by atoms with Crippen LogP contribution in [0.15, 0.2) is 24.3 Å². The molecule has 0 saturated carbocycles. The number of carbonyl (C=O) groups is 1. The van der Waals surface area contributed by atoms with E-state index in [-0.39, 0.29) is 18.1 Å². The van der Waals surface area contributed by atoms with Crippen molar-refractivity contribution in [3.8, 4) is 0 Å². The standard InChI is InChI=1S/C7H7NO2.ClH/c9-7(10)5-6-3-1-2-4-8-6;/h1-4H,5H2,(H,9,10);1H/i1D,2D,3D,4D;. The molecule has 0 aromatic carbocycles. The maximum absolute atomic E-state index is 10.3. The molecule has 0 fully saturated rings. The summed E-state index contributed by atoms with van der Waals surface area (Å²) in [5.41, 5.74) is -0.150. The van der Waals surface area contributed by atoms with Gasteiger partial charge in [0.25, 0.3) is 0 Å². The second-order valence-electron chi connectivity index (χ2n) is 1.62. The van der Waals surface area contributed by atoms with Crippen LogP contribution in [-0.2, 0) is 11.2 Å². The number of hydrogen-bond acceptors (Lipinski definition) is 2. The van der Waals surface area contributed by atoms with Crippen molar-refractivity contribution in [2.24, 2.45) is 0 Å². The Bertz CT molecular complexity index is 399. The molecule has 0 aliphatic carbocycles. The molecule has 0 atom stereocenters. The lowest BCUT2D eigenvalue weighted by molar-refractivity contribution is -0.136. The zero-order valence-corrected chi connectivity index (χ0v) is 6.23.